The Morgan fingerprint density at radius 2 is 2.00 bits per heavy atom. The summed E-state index contributed by atoms with van der Waals surface area (Å²) < 4.78 is 36.9. The van der Waals surface area contributed by atoms with Crippen LogP contribution in [0.3, 0.4) is 0 Å². The maximum Gasteiger partial charge on any atom is 0.405 e. The first-order valence-corrected chi connectivity index (χ1v) is 4.66. The van der Waals surface area contributed by atoms with Crippen LogP contribution in [0.25, 0.3) is 0 Å². The molecule has 15 heavy (non-hydrogen) atoms. The molecule has 2 nitrogen and oxygen atoms in total. The third-order valence-electron chi connectivity index (χ3n) is 2.40. The minimum absolute atomic E-state index is 0.316. The summed E-state index contributed by atoms with van der Waals surface area (Å²) in [6, 6.07) is 7.01. The average Bonchev–Trinajstić information content (AvgIpc) is 2.41. The molecular formula is C10H11F3N2. The van der Waals surface area contributed by atoms with Gasteiger partial charge in [-0.15, -0.1) is 0 Å². The van der Waals surface area contributed by atoms with Crippen LogP contribution >= 0.6 is 0 Å². The predicted octanol–water partition coefficient (Wildman–Crippen LogP) is 2.83. The molecule has 5 heteroatoms. The summed E-state index contributed by atoms with van der Waals surface area (Å²) in [7, 11) is 0. The lowest BCUT2D eigenvalue weighted by atomic mass is 10.2. The summed E-state index contributed by atoms with van der Waals surface area (Å²) in [5.74, 6) is 0. The lowest BCUT2D eigenvalue weighted by Crippen LogP contribution is -2.40. The van der Waals surface area contributed by atoms with Crippen molar-refractivity contribution in [1.29, 1.82) is 0 Å². The highest BCUT2D eigenvalue weighted by atomic mass is 19.4. The van der Waals surface area contributed by atoms with Crippen molar-refractivity contribution in [1.82, 2.24) is 0 Å². The molecule has 2 rings (SSSR count). The molecular weight excluding hydrogens is 205 g/mol. The van der Waals surface area contributed by atoms with Crippen LogP contribution < -0.4 is 10.2 Å². The highest BCUT2D eigenvalue weighted by Gasteiger charge is 2.36. The Morgan fingerprint density at radius 3 is 2.67 bits per heavy atom. The third kappa shape index (κ3) is 2.00. The van der Waals surface area contributed by atoms with Crippen LogP contribution in [0, 0.1) is 0 Å². The van der Waals surface area contributed by atoms with Crippen molar-refractivity contribution in [2.45, 2.75) is 19.3 Å². The fraction of sp³-hybridized carbons (Fsp3) is 0.400. The van der Waals surface area contributed by atoms with Gasteiger partial charge in [-0.1, -0.05) is 12.1 Å². The van der Waals surface area contributed by atoms with Gasteiger partial charge in [-0.2, -0.15) is 13.2 Å². The van der Waals surface area contributed by atoms with Gasteiger partial charge in [0.05, 0.1) is 17.5 Å². The van der Waals surface area contributed by atoms with E-state index in [0.29, 0.717) is 5.69 Å². The second-order valence-corrected chi connectivity index (χ2v) is 3.58. The number of nitrogens with zero attached hydrogens (tertiary/aromatic N) is 1. The van der Waals surface area contributed by atoms with E-state index >= 15 is 0 Å². The Morgan fingerprint density at radius 1 is 1.33 bits per heavy atom. The molecule has 1 aliphatic heterocycles. The van der Waals surface area contributed by atoms with E-state index in [0.717, 1.165) is 5.69 Å². The van der Waals surface area contributed by atoms with E-state index < -0.39 is 12.7 Å². The third-order valence-corrected chi connectivity index (χ3v) is 2.40. The number of rotatable bonds is 1. The quantitative estimate of drug-likeness (QED) is 0.776. The highest BCUT2D eigenvalue weighted by Crippen LogP contribution is 2.35. The molecule has 1 aromatic carbocycles. The largest absolute Gasteiger partial charge is 0.405 e. The molecule has 0 bridgehead atoms. The van der Waals surface area contributed by atoms with Gasteiger partial charge in [-0.25, -0.2) is 0 Å². The maximum atomic E-state index is 12.3. The zero-order chi connectivity index (χ0) is 11.1. The molecule has 0 radical (unpaired) electrons. The van der Waals surface area contributed by atoms with Gasteiger partial charge in [0.1, 0.15) is 6.54 Å². The van der Waals surface area contributed by atoms with E-state index in [1.54, 1.807) is 31.2 Å². The van der Waals surface area contributed by atoms with Crippen molar-refractivity contribution in [2.75, 3.05) is 16.8 Å². The highest BCUT2D eigenvalue weighted by molar-refractivity contribution is 5.75. The molecule has 0 aliphatic carbocycles. The van der Waals surface area contributed by atoms with Gasteiger partial charge in [0.2, 0.25) is 0 Å². The van der Waals surface area contributed by atoms with Crippen molar-refractivity contribution in [3.05, 3.63) is 24.3 Å². The topological polar surface area (TPSA) is 15.3 Å². The molecule has 0 saturated carbocycles. The Balaban J connectivity index is 2.26. The second kappa shape index (κ2) is 3.32. The summed E-state index contributed by atoms with van der Waals surface area (Å²) in [5.41, 5.74) is 1.37. The first-order valence-electron chi connectivity index (χ1n) is 4.66. The van der Waals surface area contributed by atoms with Gasteiger partial charge in [-0.05, 0) is 19.1 Å². The lowest BCUT2D eigenvalue weighted by Gasteiger charge is -2.24. The summed E-state index contributed by atoms with van der Waals surface area (Å²) in [6.45, 7) is 0.796. The first kappa shape index (κ1) is 10.1. The van der Waals surface area contributed by atoms with Gasteiger partial charge in [0.25, 0.3) is 0 Å². The second-order valence-electron chi connectivity index (χ2n) is 3.58. The normalized spacial score (nSPS) is 20.0. The van der Waals surface area contributed by atoms with Crippen LogP contribution in [0.4, 0.5) is 24.5 Å². The van der Waals surface area contributed by atoms with Crippen LogP contribution in [0.15, 0.2) is 24.3 Å². The van der Waals surface area contributed by atoms with E-state index in [1.807, 2.05) is 0 Å². The van der Waals surface area contributed by atoms with E-state index in [9.17, 15) is 13.2 Å². The molecule has 1 unspecified atom stereocenters. The van der Waals surface area contributed by atoms with E-state index in [-0.39, 0.29) is 6.17 Å². The standard InChI is InChI=1S/C10H11F3N2/c1-7-14-8-4-2-3-5-9(8)15(7)6-10(11,12)13/h2-5,7,14H,6H2,1H3. The van der Waals surface area contributed by atoms with Crippen molar-refractivity contribution >= 4 is 11.4 Å². The molecule has 1 aliphatic rings. The molecule has 1 aromatic rings. The molecule has 0 amide bonds. The molecule has 0 fully saturated rings. The molecule has 1 heterocycles. The van der Waals surface area contributed by atoms with Crippen molar-refractivity contribution < 1.29 is 13.2 Å². The minimum atomic E-state index is -4.17. The zero-order valence-corrected chi connectivity index (χ0v) is 8.17. The van der Waals surface area contributed by atoms with Crippen LogP contribution in [0.2, 0.25) is 0 Å². The number of alkyl halides is 3. The van der Waals surface area contributed by atoms with E-state index in [2.05, 4.69) is 5.32 Å². The van der Waals surface area contributed by atoms with Crippen LogP contribution in [-0.4, -0.2) is 18.9 Å². The van der Waals surface area contributed by atoms with Crippen molar-refractivity contribution in [3.8, 4) is 0 Å². The number of benzene rings is 1. The Bertz CT molecular complexity index is 362. The van der Waals surface area contributed by atoms with E-state index in [4.69, 9.17) is 0 Å². The molecule has 1 N–H and O–H groups in total. The Kier molecular flexibility index (Phi) is 2.25. The minimum Gasteiger partial charge on any atom is -0.364 e. The fourth-order valence-corrected chi connectivity index (χ4v) is 1.77. The summed E-state index contributed by atoms with van der Waals surface area (Å²) >= 11 is 0. The van der Waals surface area contributed by atoms with Crippen LogP contribution in [0.5, 0.6) is 0 Å². The molecule has 0 spiro atoms. The SMILES string of the molecule is CC1Nc2ccccc2N1CC(F)(F)F. The number of hydrogen-bond acceptors (Lipinski definition) is 2. The number of nitrogens with one attached hydrogen (secondary N) is 1. The van der Waals surface area contributed by atoms with Gasteiger partial charge >= 0.3 is 6.18 Å². The van der Waals surface area contributed by atoms with E-state index in [1.165, 1.54) is 4.90 Å². The van der Waals surface area contributed by atoms with Crippen LogP contribution in [0.1, 0.15) is 6.92 Å². The molecule has 82 valence electrons. The van der Waals surface area contributed by atoms with Crippen molar-refractivity contribution in [3.63, 3.8) is 0 Å². The summed E-state index contributed by atoms with van der Waals surface area (Å²) in [4.78, 5) is 1.31. The van der Waals surface area contributed by atoms with Gasteiger partial charge in [0.15, 0.2) is 0 Å². The number of hydrogen-bond donors (Lipinski definition) is 1. The molecule has 0 aromatic heterocycles. The Labute approximate surface area is 85.7 Å². The monoisotopic (exact) mass is 216 g/mol. The zero-order valence-electron chi connectivity index (χ0n) is 8.17. The number of anilines is 2. The number of fused-ring (bicyclic) bond motifs is 1. The number of halogens is 3. The fourth-order valence-electron chi connectivity index (χ4n) is 1.77. The van der Waals surface area contributed by atoms with Gasteiger partial charge in [-0.3, -0.25) is 0 Å². The van der Waals surface area contributed by atoms with Crippen LogP contribution in [-0.2, 0) is 0 Å². The molecule has 1 atom stereocenters. The van der Waals surface area contributed by atoms with Crippen molar-refractivity contribution in [2.24, 2.45) is 0 Å². The van der Waals surface area contributed by atoms with Gasteiger partial charge < -0.3 is 10.2 Å². The smallest absolute Gasteiger partial charge is 0.364 e. The summed E-state index contributed by atoms with van der Waals surface area (Å²) in [6.07, 6.45) is -4.49. The Hall–Kier alpha value is -1.39. The molecule has 0 saturated heterocycles. The average molecular weight is 216 g/mol. The van der Waals surface area contributed by atoms with Gasteiger partial charge in [0, 0.05) is 0 Å². The predicted molar refractivity (Wildman–Crippen MR) is 52.9 cm³/mol. The number of para-hydroxylation sites is 2. The first-order chi connectivity index (χ1) is 6.97. The lowest BCUT2D eigenvalue weighted by molar-refractivity contribution is -0.120. The maximum absolute atomic E-state index is 12.3. The summed E-state index contributed by atoms with van der Waals surface area (Å²) in [5, 5.41) is 3.00.